The summed E-state index contributed by atoms with van der Waals surface area (Å²) in [5, 5.41) is 13.7. The van der Waals surface area contributed by atoms with Crippen LogP contribution >= 0.6 is 27.5 Å². The lowest BCUT2D eigenvalue weighted by molar-refractivity contribution is -0.384. The van der Waals surface area contributed by atoms with Crippen molar-refractivity contribution in [2.45, 2.75) is 0 Å². The maximum Gasteiger partial charge on any atom is 0.311 e. The van der Waals surface area contributed by atoms with Gasteiger partial charge in [-0.25, -0.2) is 9.37 Å². The van der Waals surface area contributed by atoms with E-state index in [9.17, 15) is 14.5 Å². The molecule has 0 amide bonds. The van der Waals surface area contributed by atoms with Gasteiger partial charge in [0.15, 0.2) is 0 Å². The Balaban J connectivity index is 2.50. The summed E-state index contributed by atoms with van der Waals surface area (Å²) in [7, 11) is 0. The molecule has 0 bridgehead atoms. The molecular formula is C11H7BrClFN4O2. The molecule has 2 rings (SSSR count). The Morgan fingerprint density at radius 3 is 2.75 bits per heavy atom. The van der Waals surface area contributed by atoms with Gasteiger partial charge in [0.1, 0.15) is 11.6 Å². The fraction of sp³-hybridized carbons (Fsp3) is 0. The van der Waals surface area contributed by atoms with Crippen LogP contribution in [0.4, 0.5) is 27.4 Å². The second-order valence-electron chi connectivity index (χ2n) is 3.73. The third-order valence-electron chi connectivity index (χ3n) is 2.34. The molecule has 9 heteroatoms. The van der Waals surface area contributed by atoms with E-state index in [2.05, 4.69) is 26.2 Å². The van der Waals surface area contributed by atoms with Crippen molar-refractivity contribution < 1.29 is 9.31 Å². The molecule has 1 aromatic heterocycles. The molecule has 0 spiro atoms. The highest BCUT2D eigenvalue weighted by Crippen LogP contribution is 2.36. The van der Waals surface area contributed by atoms with E-state index in [-0.39, 0.29) is 28.0 Å². The summed E-state index contributed by atoms with van der Waals surface area (Å²) in [6.07, 6.45) is 0. The first-order valence-corrected chi connectivity index (χ1v) is 6.38. The average molecular weight is 362 g/mol. The molecule has 2 aromatic rings. The van der Waals surface area contributed by atoms with Gasteiger partial charge in [0.05, 0.1) is 15.6 Å². The maximum absolute atomic E-state index is 13.1. The van der Waals surface area contributed by atoms with Crippen molar-refractivity contribution in [3.63, 3.8) is 0 Å². The summed E-state index contributed by atoms with van der Waals surface area (Å²) < 4.78 is 13.4. The molecule has 1 heterocycles. The van der Waals surface area contributed by atoms with Gasteiger partial charge in [-0.1, -0.05) is 11.6 Å². The number of nitrogens with one attached hydrogen (secondary N) is 1. The number of nitrogen functional groups attached to an aromatic ring is 1. The fourth-order valence-corrected chi connectivity index (χ4v) is 2.39. The number of hydrogen-bond acceptors (Lipinski definition) is 5. The van der Waals surface area contributed by atoms with E-state index in [1.54, 1.807) is 0 Å². The number of pyridine rings is 1. The van der Waals surface area contributed by atoms with Gasteiger partial charge < -0.3 is 11.1 Å². The van der Waals surface area contributed by atoms with Gasteiger partial charge in [0.2, 0.25) is 5.82 Å². The normalized spacial score (nSPS) is 10.3. The minimum atomic E-state index is -0.611. The predicted octanol–water partition coefficient (Wildman–Crippen LogP) is 3.87. The second-order valence-corrected chi connectivity index (χ2v) is 4.99. The minimum Gasteiger partial charge on any atom is -0.384 e. The van der Waals surface area contributed by atoms with Gasteiger partial charge in [-0.3, -0.25) is 10.1 Å². The Hall–Kier alpha value is -1.93. The first-order valence-electron chi connectivity index (χ1n) is 5.21. The van der Waals surface area contributed by atoms with E-state index < -0.39 is 10.7 Å². The van der Waals surface area contributed by atoms with Crippen LogP contribution in [0.2, 0.25) is 5.02 Å². The first-order chi connectivity index (χ1) is 9.38. The molecule has 0 aliphatic carbocycles. The van der Waals surface area contributed by atoms with Crippen molar-refractivity contribution in [3.05, 3.63) is 49.7 Å². The van der Waals surface area contributed by atoms with Crippen molar-refractivity contribution in [1.29, 1.82) is 0 Å². The van der Waals surface area contributed by atoms with Crippen LogP contribution in [-0.2, 0) is 0 Å². The van der Waals surface area contributed by atoms with Crippen molar-refractivity contribution in [2.75, 3.05) is 11.1 Å². The number of nitrogens with two attached hydrogens (primary N) is 1. The van der Waals surface area contributed by atoms with Crippen molar-refractivity contribution >= 4 is 50.5 Å². The molecule has 0 atom stereocenters. The molecule has 1 aromatic carbocycles. The van der Waals surface area contributed by atoms with Gasteiger partial charge in [-0.05, 0) is 34.1 Å². The molecule has 0 radical (unpaired) electrons. The highest BCUT2D eigenvalue weighted by molar-refractivity contribution is 9.10. The Morgan fingerprint density at radius 1 is 1.45 bits per heavy atom. The molecule has 3 N–H and O–H groups in total. The molecule has 104 valence electrons. The Labute approximate surface area is 126 Å². The predicted molar refractivity (Wildman–Crippen MR) is 77.7 cm³/mol. The third-order valence-corrected chi connectivity index (χ3v) is 3.27. The first kappa shape index (κ1) is 14.5. The Bertz CT molecular complexity index is 675. The number of benzene rings is 1. The zero-order valence-electron chi connectivity index (χ0n) is 9.73. The second kappa shape index (κ2) is 5.59. The lowest BCUT2D eigenvalue weighted by Gasteiger charge is -2.10. The van der Waals surface area contributed by atoms with E-state index in [4.69, 9.17) is 17.3 Å². The molecule has 20 heavy (non-hydrogen) atoms. The van der Waals surface area contributed by atoms with E-state index >= 15 is 0 Å². The minimum absolute atomic E-state index is 0.0513. The zero-order valence-corrected chi connectivity index (χ0v) is 12.1. The SMILES string of the molecule is Nc1ccc([N+](=O)[O-])c(Nc2c(Cl)cc(F)cc2Br)n1. The third kappa shape index (κ3) is 2.97. The van der Waals surface area contributed by atoms with Crippen LogP contribution in [0.5, 0.6) is 0 Å². The molecule has 0 fully saturated rings. The van der Waals surface area contributed by atoms with Crippen LogP contribution in [-0.4, -0.2) is 9.91 Å². The molecule has 0 aliphatic rings. The fourth-order valence-electron chi connectivity index (χ4n) is 1.49. The quantitative estimate of drug-likeness (QED) is 0.639. The van der Waals surface area contributed by atoms with E-state index in [0.29, 0.717) is 4.47 Å². The van der Waals surface area contributed by atoms with Crippen LogP contribution in [0.15, 0.2) is 28.7 Å². The van der Waals surface area contributed by atoms with Gasteiger partial charge in [0.25, 0.3) is 0 Å². The van der Waals surface area contributed by atoms with Gasteiger partial charge in [0, 0.05) is 10.5 Å². The number of anilines is 3. The average Bonchev–Trinajstić information content (AvgIpc) is 2.33. The molecule has 0 saturated heterocycles. The molecule has 6 nitrogen and oxygen atoms in total. The number of aromatic nitrogens is 1. The highest BCUT2D eigenvalue weighted by atomic mass is 79.9. The Morgan fingerprint density at radius 2 is 2.15 bits per heavy atom. The van der Waals surface area contributed by atoms with Crippen molar-refractivity contribution in [3.8, 4) is 0 Å². The molecule has 0 aliphatic heterocycles. The van der Waals surface area contributed by atoms with Crippen LogP contribution < -0.4 is 11.1 Å². The maximum atomic E-state index is 13.1. The van der Waals surface area contributed by atoms with Crippen molar-refractivity contribution in [2.24, 2.45) is 0 Å². The van der Waals surface area contributed by atoms with Gasteiger partial charge >= 0.3 is 5.69 Å². The lowest BCUT2D eigenvalue weighted by Crippen LogP contribution is -2.03. The topological polar surface area (TPSA) is 94.1 Å². The van der Waals surface area contributed by atoms with Gasteiger partial charge in [-0.15, -0.1) is 0 Å². The van der Waals surface area contributed by atoms with Crippen LogP contribution in [0, 0.1) is 15.9 Å². The summed E-state index contributed by atoms with van der Waals surface area (Å²) in [4.78, 5) is 14.2. The number of halogens is 3. The number of rotatable bonds is 3. The smallest absolute Gasteiger partial charge is 0.311 e. The lowest BCUT2D eigenvalue weighted by atomic mass is 10.3. The summed E-state index contributed by atoms with van der Waals surface area (Å²) in [5.74, 6) is -0.515. The molecular weight excluding hydrogens is 355 g/mol. The molecule has 0 unspecified atom stereocenters. The van der Waals surface area contributed by atoms with E-state index in [1.807, 2.05) is 0 Å². The standard InChI is InChI=1S/C11H7BrClFN4O2/c12-6-3-5(14)4-7(13)10(6)17-11-8(18(19)20)1-2-9(15)16-11/h1-4H,(H3,15,16,17). The van der Waals surface area contributed by atoms with Gasteiger partial charge in [-0.2, -0.15) is 0 Å². The van der Waals surface area contributed by atoms with Crippen LogP contribution in [0.1, 0.15) is 0 Å². The van der Waals surface area contributed by atoms with E-state index in [1.165, 1.54) is 18.2 Å². The molecule has 0 saturated carbocycles. The summed E-state index contributed by atoms with van der Waals surface area (Å²) in [6.45, 7) is 0. The number of nitrogens with zero attached hydrogens (tertiary/aromatic N) is 2. The van der Waals surface area contributed by atoms with Crippen molar-refractivity contribution in [1.82, 2.24) is 4.98 Å². The number of nitro groups is 1. The highest BCUT2D eigenvalue weighted by Gasteiger charge is 2.18. The monoisotopic (exact) mass is 360 g/mol. The van der Waals surface area contributed by atoms with Crippen LogP contribution in [0.25, 0.3) is 0 Å². The zero-order chi connectivity index (χ0) is 14.9. The van der Waals surface area contributed by atoms with E-state index in [0.717, 1.165) is 6.07 Å². The Kier molecular flexibility index (Phi) is 4.05. The summed E-state index contributed by atoms with van der Waals surface area (Å²) >= 11 is 9.01. The van der Waals surface area contributed by atoms with Crippen LogP contribution in [0.3, 0.4) is 0 Å². The largest absolute Gasteiger partial charge is 0.384 e. The summed E-state index contributed by atoms with van der Waals surface area (Å²) in [5.41, 5.74) is 5.49. The summed E-state index contributed by atoms with van der Waals surface area (Å²) in [6, 6.07) is 4.78. The number of hydrogen-bond donors (Lipinski definition) is 2.